The average molecular weight is 801 g/mol. The van der Waals surface area contributed by atoms with E-state index in [1.165, 1.54) is 10.4 Å². The van der Waals surface area contributed by atoms with Gasteiger partial charge in [0.05, 0.1) is 31.0 Å². The first-order valence-corrected chi connectivity index (χ1v) is 24.3. The van der Waals surface area contributed by atoms with E-state index in [9.17, 15) is 10.2 Å². The largest absolute Gasteiger partial charge is 0.404 e. The van der Waals surface area contributed by atoms with Gasteiger partial charge in [-0.05, 0) is 55.6 Å². The summed E-state index contributed by atoms with van der Waals surface area (Å²) in [5.74, 6) is 0. The summed E-state index contributed by atoms with van der Waals surface area (Å²) < 4.78 is 21.5. The van der Waals surface area contributed by atoms with Crippen LogP contribution in [0.4, 0.5) is 0 Å². The smallest absolute Gasteiger partial charge is 0.261 e. The molecule has 0 amide bonds. The van der Waals surface area contributed by atoms with Gasteiger partial charge in [-0.1, -0.05) is 199 Å². The fourth-order valence-electron chi connectivity index (χ4n) is 8.35. The number of hydrogen-bond acceptors (Lipinski definition) is 5. The van der Waals surface area contributed by atoms with E-state index in [1.54, 1.807) is 6.08 Å². The van der Waals surface area contributed by atoms with Gasteiger partial charge in [-0.25, -0.2) is 0 Å². The lowest BCUT2D eigenvalue weighted by Crippen LogP contribution is -2.68. The Kier molecular flexibility index (Phi) is 15.6. The highest BCUT2D eigenvalue weighted by Crippen LogP contribution is 2.40. The molecule has 0 aliphatic heterocycles. The summed E-state index contributed by atoms with van der Waals surface area (Å²) in [6.45, 7) is 18.5. The second-order valence-electron chi connectivity index (χ2n) is 17.3. The molecule has 0 aromatic heterocycles. The van der Waals surface area contributed by atoms with E-state index in [0.717, 1.165) is 15.9 Å². The summed E-state index contributed by atoms with van der Waals surface area (Å²) in [5.41, 5.74) is 1.12. The molecule has 2 N–H and O–H groups in total. The van der Waals surface area contributed by atoms with Crippen LogP contribution in [-0.4, -0.2) is 57.9 Å². The summed E-state index contributed by atoms with van der Waals surface area (Å²) in [5, 5.41) is 27.6. The standard InChI is InChI=1S/C50H64O5Si2/c1-8-41(51)36-44(55-57(50(5,6)7,47-30-20-12-21-31-47)48-32-22-13-23-33-48)38-42(52)37-43(34-35-53-39-40-24-14-9-15-25-40)54-56(49(2,3)4,45-26-16-10-17-27-45)46-28-18-11-19-29-46/h8-33,41-44,51-52H,1,34-39H2,2-7H3/t41-,42+,43+,44+/m1/s1. The quantitative estimate of drug-likeness (QED) is 0.0470. The molecular formula is C50H64O5Si2. The number of ether oxygens (including phenoxy) is 1. The molecule has 7 heteroatoms. The Bertz CT molecular complexity index is 1820. The molecule has 5 aromatic rings. The molecule has 0 saturated carbocycles. The maximum atomic E-state index is 12.3. The molecule has 0 unspecified atom stereocenters. The van der Waals surface area contributed by atoms with Crippen LogP contribution in [0.5, 0.6) is 0 Å². The number of rotatable bonds is 20. The van der Waals surface area contributed by atoms with Crippen molar-refractivity contribution < 1.29 is 23.8 Å². The third kappa shape index (κ3) is 11.0. The molecule has 0 fully saturated rings. The van der Waals surface area contributed by atoms with Crippen LogP contribution in [0.1, 0.15) is 72.8 Å². The molecule has 0 radical (unpaired) electrons. The van der Waals surface area contributed by atoms with Gasteiger partial charge >= 0.3 is 0 Å². The van der Waals surface area contributed by atoms with Crippen LogP contribution in [0.25, 0.3) is 0 Å². The second-order valence-corrected chi connectivity index (χ2v) is 25.8. The molecule has 0 aliphatic carbocycles. The van der Waals surface area contributed by atoms with E-state index < -0.39 is 34.9 Å². The molecule has 0 bridgehead atoms. The zero-order valence-electron chi connectivity index (χ0n) is 34.9. The molecule has 5 rings (SSSR count). The molecule has 0 heterocycles. The normalized spacial score (nSPS) is 14.7. The average Bonchev–Trinajstić information content (AvgIpc) is 3.21. The molecule has 5 aromatic carbocycles. The van der Waals surface area contributed by atoms with Gasteiger partial charge in [-0.15, -0.1) is 6.58 Å². The fourth-order valence-corrected chi connectivity index (χ4v) is 17.8. The highest BCUT2D eigenvalue weighted by molar-refractivity contribution is 7.00. The molecular weight excluding hydrogens is 737 g/mol. The van der Waals surface area contributed by atoms with Crippen molar-refractivity contribution in [3.63, 3.8) is 0 Å². The summed E-state index contributed by atoms with van der Waals surface area (Å²) in [7, 11) is -5.98. The van der Waals surface area contributed by atoms with Gasteiger partial charge in [0.1, 0.15) is 0 Å². The van der Waals surface area contributed by atoms with Crippen molar-refractivity contribution in [3.8, 4) is 0 Å². The van der Waals surface area contributed by atoms with Crippen molar-refractivity contribution in [1.82, 2.24) is 0 Å². The predicted octanol–water partition coefficient (Wildman–Crippen LogP) is 8.56. The summed E-state index contributed by atoms with van der Waals surface area (Å²) in [4.78, 5) is 0. The molecule has 0 saturated heterocycles. The van der Waals surface area contributed by atoms with E-state index >= 15 is 0 Å². The first-order chi connectivity index (χ1) is 27.3. The van der Waals surface area contributed by atoms with Gasteiger partial charge in [0, 0.05) is 13.0 Å². The van der Waals surface area contributed by atoms with Crippen LogP contribution >= 0.6 is 0 Å². The van der Waals surface area contributed by atoms with Crippen LogP contribution in [0.15, 0.2) is 164 Å². The summed E-state index contributed by atoms with van der Waals surface area (Å²) in [6, 6.07) is 52.6. The summed E-state index contributed by atoms with van der Waals surface area (Å²) in [6.07, 6.45) is 0.786. The van der Waals surface area contributed by atoms with Crippen molar-refractivity contribution >= 4 is 37.4 Å². The molecule has 302 valence electrons. The third-order valence-corrected chi connectivity index (χ3v) is 21.2. The minimum atomic E-state index is -3.01. The fraction of sp³-hybridized carbons (Fsp3) is 0.360. The van der Waals surface area contributed by atoms with Gasteiger partial charge in [0.2, 0.25) is 0 Å². The van der Waals surface area contributed by atoms with E-state index in [-0.39, 0.29) is 16.2 Å². The molecule has 0 spiro atoms. The highest BCUT2D eigenvalue weighted by Gasteiger charge is 2.53. The molecule has 5 nitrogen and oxygen atoms in total. The number of aliphatic hydroxyl groups is 2. The van der Waals surface area contributed by atoms with Crippen molar-refractivity contribution in [2.24, 2.45) is 0 Å². The maximum Gasteiger partial charge on any atom is 0.261 e. The Balaban J connectivity index is 1.52. The lowest BCUT2D eigenvalue weighted by molar-refractivity contribution is 0.0215. The zero-order valence-corrected chi connectivity index (χ0v) is 36.9. The van der Waals surface area contributed by atoms with Crippen molar-refractivity contribution in [2.45, 2.75) is 108 Å². The molecule has 57 heavy (non-hydrogen) atoms. The third-order valence-electron chi connectivity index (χ3n) is 11.1. The van der Waals surface area contributed by atoms with E-state index in [2.05, 4.69) is 169 Å². The number of benzene rings is 5. The lowest BCUT2D eigenvalue weighted by Gasteiger charge is -2.46. The van der Waals surface area contributed by atoms with Crippen molar-refractivity contribution in [1.29, 1.82) is 0 Å². The van der Waals surface area contributed by atoms with Crippen molar-refractivity contribution in [3.05, 3.63) is 170 Å². The summed E-state index contributed by atoms with van der Waals surface area (Å²) >= 11 is 0. The van der Waals surface area contributed by atoms with Gasteiger partial charge in [0.15, 0.2) is 0 Å². The van der Waals surface area contributed by atoms with Crippen LogP contribution in [-0.2, 0) is 20.2 Å². The zero-order chi connectivity index (χ0) is 40.9. The SMILES string of the molecule is C=C[C@@H](O)C[C@@H](C[C@@H](O)C[C@H](CCOCc1ccccc1)O[Si](c1ccccc1)(c1ccccc1)C(C)(C)C)O[Si](c1ccccc1)(c1ccccc1)C(C)(C)C. The van der Waals surface area contributed by atoms with Crippen LogP contribution in [0.3, 0.4) is 0 Å². The van der Waals surface area contributed by atoms with E-state index in [4.69, 9.17) is 13.6 Å². The Morgan fingerprint density at radius 3 is 1.25 bits per heavy atom. The lowest BCUT2D eigenvalue weighted by atomic mass is 10.0. The Morgan fingerprint density at radius 2 is 0.877 bits per heavy atom. The highest BCUT2D eigenvalue weighted by atomic mass is 28.4. The van der Waals surface area contributed by atoms with Gasteiger partial charge in [-0.3, -0.25) is 0 Å². The minimum absolute atomic E-state index is 0.243. The van der Waals surface area contributed by atoms with E-state index in [1.807, 2.05) is 30.3 Å². The first-order valence-electron chi connectivity index (χ1n) is 20.5. The van der Waals surface area contributed by atoms with Gasteiger partial charge in [0.25, 0.3) is 16.6 Å². The van der Waals surface area contributed by atoms with Crippen molar-refractivity contribution in [2.75, 3.05) is 6.61 Å². The van der Waals surface area contributed by atoms with Crippen LogP contribution in [0, 0.1) is 0 Å². The predicted molar refractivity (Wildman–Crippen MR) is 242 cm³/mol. The van der Waals surface area contributed by atoms with Crippen LogP contribution < -0.4 is 20.7 Å². The Morgan fingerprint density at radius 1 is 0.526 bits per heavy atom. The van der Waals surface area contributed by atoms with Gasteiger partial charge < -0.3 is 23.8 Å². The Labute approximate surface area is 344 Å². The minimum Gasteiger partial charge on any atom is -0.404 e. The second kappa shape index (κ2) is 20.2. The molecule has 4 atom stereocenters. The number of aliphatic hydroxyl groups excluding tert-OH is 2. The first kappa shape index (κ1) is 44.2. The Hall–Kier alpha value is -3.93. The van der Waals surface area contributed by atoms with Crippen LogP contribution in [0.2, 0.25) is 10.1 Å². The monoisotopic (exact) mass is 800 g/mol. The maximum absolute atomic E-state index is 12.3. The molecule has 0 aliphatic rings. The number of hydrogen-bond donors (Lipinski definition) is 2. The van der Waals surface area contributed by atoms with E-state index in [0.29, 0.717) is 38.9 Å². The topological polar surface area (TPSA) is 68.2 Å². The van der Waals surface area contributed by atoms with Gasteiger partial charge in [-0.2, -0.15) is 0 Å².